The number of carbonyl (C=O) groups excluding carboxylic acids is 1. The number of esters is 1. The molecule has 3 atom stereocenters. The minimum absolute atomic E-state index is 0.254. The second-order valence-corrected chi connectivity index (χ2v) is 4.45. The van der Waals surface area contributed by atoms with E-state index in [0.29, 0.717) is 24.4 Å². The van der Waals surface area contributed by atoms with E-state index in [0.717, 1.165) is 19.6 Å². The van der Waals surface area contributed by atoms with Crippen LogP contribution in [0.5, 0.6) is 0 Å². The van der Waals surface area contributed by atoms with Gasteiger partial charge in [0, 0.05) is 12.0 Å². The summed E-state index contributed by atoms with van der Waals surface area (Å²) in [6, 6.07) is 0. The lowest BCUT2D eigenvalue weighted by molar-refractivity contribution is -0.137. The van der Waals surface area contributed by atoms with Gasteiger partial charge in [-0.1, -0.05) is 18.2 Å². The molecule has 1 aliphatic heterocycles. The van der Waals surface area contributed by atoms with E-state index in [9.17, 15) is 4.79 Å². The molecule has 1 aliphatic carbocycles. The van der Waals surface area contributed by atoms with E-state index in [1.165, 1.54) is 5.57 Å². The summed E-state index contributed by atoms with van der Waals surface area (Å²) in [6.07, 6.45) is 4.49. The molecule has 0 bridgehead atoms. The highest BCUT2D eigenvalue weighted by molar-refractivity contribution is 5.81. The summed E-state index contributed by atoms with van der Waals surface area (Å²) in [5.41, 5.74) is 1.26. The predicted molar refractivity (Wildman–Crippen MR) is 60.8 cm³/mol. The van der Waals surface area contributed by atoms with Gasteiger partial charge in [-0.15, -0.1) is 0 Å². The zero-order valence-corrected chi connectivity index (χ0v) is 9.65. The van der Waals surface area contributed by atoms with Gasteiger partial charge in [0.1, 0.15) is 0 Å². The van der Waals surface area contributed by atoms with Crippen molar-refractivity contribution in [2.75, 3.05) is 19.8 Å². The second kappa shape index (κ2) is 4.83. The van der Waals surface area contributed by atoms with Crippen molar-refractivity contribution in [3.8, 4) is 0 Å². The topological polar surface area (TPSA) is 35.5 Å². The van der Waals surface area contributed by atoms with Crippen molar-refractivity contribution >= 4 is 5.97 Å². The molecule has 2 fully saturated rings. The van der Waals surface area contributed by atoms with Crippen molar-refractivity contribution < 1.29 is 14.3 Å². The van der Waals surface area contributed by atoms with E-state index in [1.807, 2.05) is 13.0 Å². The Morgan fingerprint density at radius 3 is 3.19 bits per heavy atom. The lowest BCUT2D eigenvalue weighted by Gasteiger charge is -2.11. The summed E-state index contributed by atoms with van der Waals surface area (Å²) in [7, 11) is 0. The van der Waals surface area contributed by atoms with Gasteiger partial charge in [0.25, 0.3) is 0 Å². The minimum atomic E-state index is -0.254. The molecule has 2 rings (SSSR count). The largest absolute Gasteiger partial charge is 0.463 e. The molecule has 3 unspecified atom stereocenters. The van der Waals surface area contributed by atoms with Crippen LogP contribution in [0.1, 0.15) is 13.3 Å². The van der Waals surface area contributed by atoms with Crippen molar-refractivity contribution in [1.82, 2.24) is 0 Å². The van der Waals surface area contributed by atoms with Crippen molar-refractivity contribution in [2.24, 2.45) is 17.8 Å². The lowest BCUT2D eigenvalue weighted by Crippen LogP contribution is -2.12. The lowest BCUT2D eigenvalue weighted by atomic mass is 9.92. The molecule has 2 aliphatic rings. The third kappa shape index (κ3) is 2.19. The molecule has 1 saturated heterocycles. The van der Waals surface area contributed by atoms with Crippen LogP contribution >= 0.6 is 0 Å². The molecular weight excluding hydrogens is 204 g/mol. The summed E-state index contributed by atoms with van der Waals surface area (Å²) < 4.78 is 10.3. The summed E-state index contributed by atoms with van der Waals surface area (Å²) in [5.74, 6) is 1.15. The molecule has 88 valence electrons. The normalized spacial score (nSPS) is 33.3. The summed E-state index contributed by atoms with van der Waals surface area (Å²) in [4.78, 5) is 11.2. The van der Waals surface area contributed by atoms with Gasteiger partial charge in [0.15, 0.2) is 0 Å². The molecular formula is C13H18O3. The second-order valence-electron chi connectivity index (χ2n) is 4.45. The number of fused-ring (bicyclic) bond motifs is 1. The van der Waals surface area contributed by atoms with Gasteiger partial charge in [-0.3, -0.25) is 0 Å². The fraction of sp³-hybridized carbons (Fsp3) is 0.615. The number of allylic oxidation sites excluding steroid dienone is 1. The van der Waals surface area contributed by atoms with Crippen LogP contribution in [0.2, 0.25) is 0 Å². The molecule has 0 aromatic heterocycles. The zero-order valence-electron chi connectivity index (χ0n) is 9.65. The van der Waals surface area contributed by atoms with Crippen LogP contribution in [0.3, 0.4) is 0 Å². The molecule has 3 nitrogen and oxygen atoms in total. The van der Waals surface area contributed by atoms with Gasteiger partial charge < -0.3 is 9.47 Å². The average molecular weight is 222 g/mol. The maximum absolute atomic E-state index is 11.2. The van der Waals surface area contributed by atoms with Gasteiger partial charge in [0.2, 0.25) is 0 Å². The number of ether oxygens (including phenoxy) is 2. The molecule has 0 N–H and O–H groups in total. The Morgan fingerprint density at radius 1 is 1.62 bits per heavy atom. The predicted octanol–water partition coefficient (Wildman–Crippen LogP) is 1.94. The van der Waals surface area contributed by atoms with E-state index in [1.54, 1.807) is 6.08 Å². The highest BCUT2D eigenvalue weighted by Gasteiger charge is 2.41. The Hall–Kier alpha value is -1.09. The Balaban J connectivity index is 1.95. The molecule has 0 amide bonds. The molecule has 1 heterocycles. The number of hydrogen-bond acceptors (Lipinski definition) is 3. The summed E-state index contributed by atoms with van der Waals surface area (Å²) in [6.45, 7) is 7.91. The van der Waals surface area contributed by atoms with E-state index >= 15 is 0 Å². The summed E-state index contributed by atoms with van der Waals surface area (Å²) in [5, 5.41) is 0. The van der Waals surface area contributed by atoms with Crippen molar-refractivity contribution in [2.45, 2.75) is 13.3 Å². The quantitative estimate of drug-likeness (QED) is 0.416. The SMILES string of the molecule is C=C1CC(/C=C/C(=O)OCC)C2COCC12. The maximum atomic E-state index is 11.2. The van der Waals surface area contributed by atoms with E-state index < -0.39 is 0 Å². The molecule has 16 heavy (non-hydrogen) atoms. The fourth-order valence-electron chi connectivity index (χ4n) is 2.62. The third-order valence-corrected chi connectivity index (χ3v) is 3.46. The molecule has 0 radical (unpaired) electrons. The highest BCUT2D eigenvalue weighted by Crippen LogP contribution is 2.44. The van der Waals surface area contributed by atoms with E-state index in [2.05, 4.69) is 6.58 Å². The first-order valence-corrected chi connectivity index (χ1v) is 5.82. The van der Waals surface area contributed by atoms with Crippen LogP contribution in [-0.4, -0.2) is 25.8 Å². The third-order valence-electron chi connectivity index (χ3n) is 3.46. The van der Waals surface area contributed by atoms with Gasteiger partial charge in [-0.05, 0) is 25.2 Å². The Bertz CT molecular complexity index is 319. The standard InChI is InChI=1S/C13H18O3/c1-3-16-13(14)5-4-10-6-9(2)11-7-15-8-12(10)11/h4-5,10-12H,2-3,6-8H2,1H3/b5-4+. The molecule has 0 aromatic rings. The van der Waals surface area contributed by atoms with Crippen molar-refractivity contribution in [3.63, 3.8) is 0 Å². The van der Waals surface area contributed by atoms with Crippen LogP contribution < -0.4 is 0 Å². The maximum Gasteiger partial charge on any atom is 0.330 e. The zero-order chi connectivity index (χ0) is 11.5. The van der Waals surface area contributed by atoms with Crippen molar-refractivity contribution in [1.29, 1.82) is 0 Å². The smallest absolute Gasteiger partial charge is 0.330 e. The Morgan fingerprint density at radius 2 is 2.44 bits per heavy atom. The number of carbonyl (C=O) groups is 1. The minimum Gasteiger partial charge on any atom is -0.463 e. The molecule has 1 saturated carbocycles. The molecule has 3 heteroatoms. The Kier molecular flexibility index (Phi) is 3.44. The first-order chi connectivity index (χ1) is 7.72. The number of hydrogen-bond donors (Lipinski definition) is 0. The van der Waals surface area contributed by atoms with Gasteiger partial charge in [-0.25, -0.2) is 4.79 Å². The molecule has 0 aromatic carbocycles. The van der Waals surface area contributed by atoms with E-state index in [4.69, 9.17) is 9.47 Å². The van der Waals surface area contributed by atoms with E-state index in [-0.39, 0.29) is 5.97 Å². The van der Waals surface area contributed by atoms with Crippen LogP contribution in [0.25, 0.3) is 0 Å². The highest BCUT2D eigenvalue weighted by atomic mass is 16.5. The van der Waals surface area contributed by atoms with Gasteiger partial charge in [-0.2, -0.15) is 0 Å². The first-order valence-electron chi connectivity index (χ1n) is 5.82. The van der Waals surface area contributed by atoms with Crippen LogP contribution in [0, 0.1) is 17.8 Å². The van der Waals surface area contributed by atoms with Crippen LogP contribution in [0.15, 0.2) is 24.3 Å². The van der Waals surface area contributed by atoms with Crippen LogP contribution in [-0.2, 0) is 14.3 Å². The first kappa shape index (κ1) is 11.4. The Labute approximate surface area is 96.1 Å². The molecule has 0 spiro atoms. The van der Waals surface area contributed by atoms with Crippen LogP contribution in [0.4, 0.5) is 0 Å². The monoisotopic (exact) mass is 222 g/mol. The average Bonchev–Trinajstić information content (AvgIpc) is 2.81. The number of rotatable bonds is 3. The van der Waals surface area contributed by atoms with Gasteiger partial charge >= 0.3 is 5.97 Å². The fourth-order valence-corrected chi connectivity index (χ4v) is 2.62. The van der Waals surface area contributed by atoms with Gasteiger partial charge in [0.05, 0.1) is 19.8 Å². The van der Waals surface area contributed by atoms with Crippen molar-refractivity contribution in [3.05, 3.63) is 24.3 Å². The summed E-state index contributed by atoms with van der Waals surface area (Å²) >= 11 is 0.